The summed E-state index contributed by atoms with van der Waals surface area (Å²) in [4.78, 5) is 113. The molecule has 3 saturated heterocycles. The number of rotatable bonds is 30. The van der Waals surface area contributed by atoms with E-state index in [0.717, 1.165) is 77.4 Å². The molecule has 1 saturated carbocycles. The highest BCUT2D eigenvalue weighted by atomic mass is 16.6. The fourth-order valence-electron chi connectivity index (χ4n) is 17.4. The molecular formula is C92H127N17O18. The summed E-state index contributed by atoms with van der Waals surface area (Å²) < 4.78 is 57.3. The number of cyclic esters (lactones) is 1. The number of aliphatic hydroxyl groups is 3. The zero-order chi connectivity index (χ0) is 90.3. The van der Waals surface area contributed by atoms with E-state index in [2.05, 4.69) is 46.4 Å². The number of Topliss-reactive ketones (excluding diaryl/α,β-unsaturated/α-hetero) is 3. The van der Waals surface area contributed by atoms with Crippen molar-refractivity contribution in [3.63, 3.8) is 0 Å². The van der Waals surface area contributed by atoms with E-state index in [-0.39, 0.29) is 80.4 Å². The lowest BCUT2D eigenvalue weighted by Crippen LogP contribution is -2.61. The Morgan fingerprint density at radius 1 is 0.764 bits per heavy atom. The van der Waals surface area contributed by atoms with Gasteiger partial charge < -0.3 is 89.9 Å². The van der Waals surface area contributed by atoms with Crippen molar-refractivity contribution in [1.29, 1.82) is 0 Å². The number of fused-ring (bicyclic) bond motifs is 5. The molecule has 12 rings (SSSR count). The number of nitrogens with zero attached hydrogens (tertiary/aromatic N) is 13. The van der Waals surface area contributed by atoms with Crippen LogP contribution in [0.4, 0.5) is 17.8 Å². The molecule has 2 amide bonds. The Bertz CT molecular complexity index is 4950. The summed E-state index contributed by atoms with van der Waals surface area (Å²) in [6.07, 6.45) is 17.7. The number of allylic oxidation sites excluding steroid dienone is 6. The monoisotopic (exact) mass is 1760 g/mol. The number of amides is 2. The minimum atomic E-state index is -2.50. The summed E-state index contributed by atoms with van der Waals surface area (Å²) in [7, 11) is 3.20. The van der Waals surface area contributed by atoms with Crippen LogP contribution in [0.3, 0.4) is 0 Å². The van der Waals surface area contributed by atoms with E-state index >= 15 is 0 Å². The van der Waals surface area contributed by atoms with Crippen molar-refractivity contribution in [1.82, 2.24) is 64.8 Å². The molecule has 2 bridgehead atoms. The van der Waals surface area contributed by atoms with Crippen molar-refractivity contribution in [3.8, 4) is 22.4 Å². The number of benzene rings is 2. The van der Waals surface area contributed by atoms with Gasteiger partial charge in [0.15, 0.2) is 17.0 Å². The number of aromatic nitrogens is 10. The molecule has 5 aliphatic rings. The molecule has 9 heterocycles. The van der Waals surface area contributed by atoms with Gasteiger partial charge in [-0.1, -0.05) is 87.6 Å². The van der Waals surface area contributed by atoms with Gasteiger partial charge in [-0.05, 0) is 149 Å². The molecule has 2 aromatic carbocycles. The van der Waals surface area contributed by atoms with Crippen LogP contribution in [0.25, 0.3) is 44.5 Å². The van der Waals surface area contributed by atoms with Crippen LogP contribution in [-0.4, -0.2) is 264 Å². The quantitative estimate of drug-likeness (QED) is 0.00971. The molecule has 0 spiro atoms. The third-order valence-electron chi connectivity index (χ3n) is 25.0. The Kier molecular flexibility index (Phi) is 35.0. The van der Waals surface area contributed by atoms with Gasteiger partial charge in [0.2, 0.25) is 17.6 Å². The normalized spacial score (nSPS) is 27.4. The van der Waals surface area contributed by atoms with Crippen molar-refractivity contribution < 1.29 is 86.4 Å². The number of ether oxygens (including phenoxy) is 8. The van der Waals surface area contributed by atoms with E-state index in [1.165, 1.54) is 19.3 Å². The molecule has 15 atom stereocenters. The zero-order valence-corrected chi connectivity index (χ0v) is 74.3. The molecule has 35 heteroatoms. The number of piperidine rings is 1. The Morgan fingerprint density at radius 3 is 2.31 bits per heavy atom. The van der Waals surface area contributed by atoms with Gasteiger partial charge in [-0.25, -0.2) is 34.1 Å². The Labute approximate surface area is 740 Å². The maximum atomic E-state index is 14.8. The van der Waals surface area contributed by atoms with Crippen LogP contribution in [0.1, 0.15) is 149 Å². The Balaban J connectivity index is 0.553. The largest absolute Gasteiger partial charge is 0.459 e. The molecule has 0 radical (unpaired) electrons. The van der Waals surface area contributed by atoms with Crippen LogP contribution < -0.4 is 27.4 Å². The predicted molar refractivity (Wildman–Crippen MR) is 473 cm³/mol. The first kappa shape index (κ1) is 96.1. The number of oxazole rings is 1. The van der Waals surface area contributed by atoms with E-state index in [1.807, 2.05) is 93.1 Å². The van der Waals surface area contributed by atoms with E-state index in [9.17, 15) is 44.1 Å². The fourth-order valence-corrected chi connectivity index (χ4v) is 17.4. The number of hydrogen-bond donors (Lipinski definition) is 7. The molecule has 10 N–H and O–H groups in total. The average Bonchev–Trinajstić information content (AvgIpc) is 1.61. The summed E-state index contributed by atoms with van der Waals surface area (Å²) in [5.41, 5.74) is 27.0. The molecule has 4 fully saturated rings. The number of nitrogens with two attached hydrogens (primary N) is 3. The van der Waals surface area contributed by atoms with Crippen LogP contribution >= 0.6 is 0 Å². The van der Waals surface area contributed by atoms with Gasteiger partial charge in [-0.2, -0.15) is 10.1 Å². The average molecular weight is 1760 g/mol. The SMILES string of the molecule is CO[C@H]1C[C@@H]2CC[C@@H](C)[C@@](O)(O2)C(=O)C(=O)N2CCCC[C@H]2C(=O)O[C@H]([C@H](N)C[C@@H]2CC[C@@H](OCc3cccc(-c4cnc(N5CCN(Cc6cn(CCOCCOCCOCCC(=O)NCCCCn7nc(-c8ccc9oc(N)nc9c8)c8c(N)ncnc87)nn6)CC5)nc4)c3)[C@H](OC)C2)CC(=O)[C@H](C)/C=C(\C)[C@@H](O)[C@@H](O)C(=O)[C@H](C)C[C@H](C)/C=C/C=C/C=C/1C. The van der Waals surface area contributed by atoms with E-state index in [4.69, 9.17) is 74.6 Å². The Morgan fingerprint density at radius 2 is 1.54 bits per heavy atom. The number of aliphatic hydroxyl groups excluding tert-OH is 2. The first-order valence-corrected chi connectivity index (χ1v) is 44.7. The molecule has 0 unspecified atom stereocenters. The third-order valence-corrected chi connectivity index (χ3v) is 25.0. The molecule has 4 aliphatic heterocycles. The molecule has 1 aliphatic carbocycles. The number of esters is 1. The number of unbranched alkanes of at least 4 members (excludes halogenated alkanes) is 1. The third kappa shape index (κ3) is 25.9. The molecule has 5 aromatic heterocycles. The second-order valence-electron chi connectivity index (χ2n) is 34.5. The van der Waals surface area contributed by atoms with Crippen molar-refractivity contribution >= 4 is 75.0 Å². The summed E-state index contributed by atoms with van der Waals surface area (Å²) in [6, 6.07) is 11.5. The zero-order valence-electron chi connectivity index (χ0n) is 74.3. The fraction of sp³-hybridized carbons (Fsp3) is 0.587. The number of anilines is 3. The van der Waals surface area contributed by atoms with E-state index < -0.39 is 95.4 Å². The standard InChI is InChI=1S/C92H127N17O18/c1-57-17-10-9-11-18-58(2)76(119-7)49-69-25-22-62(6)92(118,127-69)85(115)88(116)108-30-14-12-21-72(108)89(117)125-77(50-73(110)59(3)44-61(5)83(113)84(114)82(112)60(4)43-57)70(93)46-63-23-26-75(78(47-63)120-8)124-55-64-19-16-20-65(45-64)67-51-97-91(98-52-67)106-34-32-105(33-35-106)53-68-54-107(104-102-68)36-38-122-40-42-123-41-39-121-37-28-79(111)96-29-13-15-31-109-87-80(86(94)99-56-100-87)81(103-109)66-24-27-74-71(48-66)101-90(95)126-74/h9-11,16-20,24,27,44-45,48,51-52,54,56-57,59-60,62-63,69-70,72,75-78,83-84,113-114,118H,12-15,21-23,25-26,28-43,46-47,49-50,53,55,93H2,1-8H3,(H2,95,101)(H,96,111)(H2,94,99,100)/b11-9+,17-10+,58-18+,61-44+/t57-,59-,60-,62-,63+,69+,70-,72+,75-,76+,77+,78-,83-,84+,92-/m1/s1. The molecule has 7 aromatic rings. The number of ketones is 3. The van der Waals surface area contributed by atoms with Gasteiger partial charge in [0.1, 0.15) is 53.5 Å². The van der Waals surface area contributed by atoms with Crippen LogP contribution in [0.5, 0.6) is 0 Å². The topological polar surface area (TPSA) is 463 Å². The van der Waals surface area contributed by atoms with Crippen molar-refractivity contribution in [3.05, 3.63) is 126 Å². The molecule has 688 valence electrons. The molecule has 35 nitrogen and oxygen atoms in total. The lowest BCUT2D eigenvalue weighted by atomic mass is 9.80. The number of nitrogen functional groups attached to an aromatic ring is 2. The number of carbonyl (C=O) groups is 6. The first-order valence-electron chi connectivity index (χ1n) is 44.7. The number of piperazine rings is 1. The van der Waals surface area contributed by atoms with Crippen molar-refractivity contribution in [2.75, 3.05) is 109 Å². The number of methoxy groups -OCH3 is 2. The van der Waals surface area contributed by atoms with E-state index in [0.29, 0.717) is 163 Å². The second-order valence-corrected chi connectivity index (χ2v) is 34.5. The van der Waals surface area contributed by atoms with Crippen LogP contribution in [-0.2, 0) is 92.9 Å². The first-order chi connectivity index (χ1) is 61.2. The van der Waals surface area contributed by atoms with Crippen LogP contribution in [0.2, 0.25) is 0 Å². The van der Waals surface area contributed by atoms with Gasteiger partial charge in [0.05, 0.1) is 88.3 Å². The molecule has 127 heavy (non-hydrogen) atoms. The Hall–Kier alpha value is -10.0. The summed E-state index contributed by atoms with van der Waals surface area (Å²) in [5.74, 6) is -8.11. The minimum absolute atomic E-state index is 0.0192. The van der Waals surface area contributed by atoms with Gasteiger partial charge in [0, 0.05) is 139 Å². The smallest absolute Gasteiger partial charge is 0.329 e. The van der Waals surface area contributed by atoms with Gasteiger partial charge in [0.25, 0.3) is 17.7 Å². The van der Waals surface area contributed by atoms with Crippen molar-refractivity contribution in [2.45, 2.75) is 225 Å². The number of nitrogens with one attached hydrogen (secondary N) is 1. The van der Waals surface area contributed by atoms with Crippen molar-refractivity contribution in [2.24, 2.45) is 35.3 Å². The van der Waals surface area contributed by atoms with E-state index in [1.54, 1.807) is 50.4 Å². The molecular weight excluding hydrogens is 1630 g/mol. The number of aryl methyl sites for hydroxylation is 1. The van der Waals surface area contributed by atoms with Crippen LogP contribution in [0.15, 0.2) is 119 Å². The second kappa shape index (κ2) is 46.3. The van der Waals surface area contributed by atoms with Gasteiger partial charge >= 0.3 is 5.97 Å². The minimum Gasteiger partial charge on any atom is -0.459 e. The van der Waals surface area contributed by atoms with Gasteiger partial charge in [-0.15, -0.1) is 5.10 Å². The highest BCUT2D eigenvalue weighted by Gasteiger charge is 2.53. The highest BCUT2D eigenvalue weighted by molar-refractivity contribution is 6.39. The lowest BCUT2D eigenvalue weighted by molar-refractivity contribution is -0.265. The highest BCUT2D eigenvalue weighted by Crippen LogP contribution is 2.39. The predicted octanol–water partition coefficient (Wildman–Crippen LogP) is 7.96. The maximum Gasteiger partial charge on any atom is 0.329 e. The summed E-state index contributed by atoms with van der Waals surface area (Å²) in [6.45, 7) is 18.2. The van der Waals surface area contributed by atoms with Crippen LogP contribution in [0, 0.1) is 29.6 Å². The number of carbonyl (C=O) groups excluding carboxylic acids is 6. The number of hydrogen-bond acceptors (Lipinski definition) is 31. The summed E-state index contributed by atoms with van der Waals surface area (Å²) in [5, 5.41) is 52.0. The summed E-state index contributed by atoms with van der Waals surface area (Å²) >= 11 is 0. The van der Waals surface area contributed by atoms with Gasteiger partial charge in [-0.3, -0.25) is 28.9 Å². The maximum absolute atomic E-state index is 14.8. The lowest BCUT2D eigenvalue weighted by Gasteiger charge is -2.42.